The van der Waals surface area contributed by atoms with Crippen LogP contribution in [-0.4, -0.2) is 0 Å². The second-order valence-electron chi connectivity index (χ2n) is 4.80. The Labute approximate surface area is 129 Å². The van der Waals surface area contributed by atoms with Crippen molar-refractivity contribution in [2.45, 2.75) is 34.6 Å². The van der Waals surface area contributed by atoms with Crippen molar-refractivity contribution in [2.75, 3.05) is 0 Å². The van der Waals surface area contributed by atoms with Gasteiger partial charge in [-0.05, 0) is 68.5 Å². The van der Waals surface area contributed by atoms with Gasteiger partial charge in [0.05, 0.1) is 0 Å². The summed E-state index contributed by atoms with van der Waals surface area (Å²) in [5, 5.41) is 0. The zero-order chi connectivity index (χ0) is 15.7. The average molecular weight is 278 g/mol. The highest BCUT2D eigenvalue weighted by Crippen LogP contribution is 2.29. The fraction of sp³-hybridized carbons (Fsp3) is 0.238. The Morgan fingerprint density at radius 2 is 0.810 bits per heavy atom. The molecule has 0 atom stereocenters. The molecule has 0 N–H and O–H groups in total. The van der Waals surface area contributed by atoms with E-state index in [1.54, 1.807) is 0 Å². The second kappa shape index (κ2) is 8.97. The molecule has 0 amide bonds. The zero-order valence-corrected chi connectivity index (χ0v) is 13.9. The minimum absolute atomic E-state index is 1.25. The molecule has 0 aliphatic carbocycles. The van der Waals surface area contributed by atoms with Crippen molar-refractivity contribution in [2.24, 2.45) is 0 Å². The van der Waals surface area contributed by atoms with E-state index >= 15 is 0 Å². The first-order chi connectivity index (χ1) is 10.2. The maximum Gasteiger partial charge on any atom is -0.0103 e. The monoisotopic (exact) mass is 278 g/mol. The Hall–Kier alpha value is -2.08. The molecule has 0 aliphatic heterocycles. The van der Waals surface area contributed by atoms with E-state index in [9.17, 15) is 0 Å². The quantitative estimate of drug-likeness (QED) is 0.552. The largest absolute Gasteiger partial charge is 0.0870 e. The van der Waals surface area contributed by atoms with E-state index in [4.69, 9.17) is 0 Å². The first kappa shape index (κ1) is 17.0. The van der Waals surface area contributed by atoms with Gasteiger partial charge in [-0.1, -0.05) is 60.8 Å². The number of rotatable bonds is 5. The lowest BCUT2D eigenvalue weighted by Crippen LogP contribution is -1.95. The Morgan fingerprint density at radius 3 is 1.14 bits per heavy atom. The highest BCUT2D eigenvalue weighted by molar-refractivity contribution is 5.84. The van der Waals surface area contributed by atoms with Crippen molar-refractivity contribution < 1.29 is 0 Å². The predicted octanol–water partition coefficient (Wildman–Crippen LogP) is 6.85. The molecule has 0 aliphatic rings. The minimum Gasteiger partial charge on any atom is -0.0870 e. The van der Waals surface area contributed by atoms with Gasteiger partial charge >= 0.3 is 0 Å². The molecule has 0 bridgehead atoms. The van der Waals surface area contributed by atoms with Gasteiger partial charge in [0.15, 0.2) is 0 Å². The van der Waals surface area contributed by atoms with Crippen molar-refractivity contribution in [1.82, 2.24) is 0 Å². The molecule has 0 fully saturated rings. The summed E-state index contributed by atoms with van der Waals surface area (Å²) in [5.74, 6) is 0. The molecule has 110 valence electrons. The van der Waals surface area contributed by atoms with Crippen molar-refractivity contribution in [1.29, 1.82) is 0 Å². The third kappa shape index (κ3) is 4.19. The normalized spacial score (nSPS) is 13.0. The first-order valence-electron chi connectivity index (χ1n) is 7.57. The van der Waals surface area contributed by atoms with E-state index in [-0.39, 0.29) is 0 Å². The summed E-state index contributed by atoms with van der Waals surface area (Å²) in [6.45, 7) is 10.3. The molecule has 1 aromatic rings. The van der Waals surface area contributed by atoms with Crippen molar-refractivity contribution in [3.8, 4) is 0 Å². The van der Waals surface area contributed by atoms with Crippen LogP contribution >= 0.6 is 0 Å². The van der Waals surface area contributed by atoms with E-state index < -0.39 is 0 Å². The number of hydrogen-bond donors (Lipinski definition) is 0. The zero-order valence-electron chi connectivity index (χ0n) is 13.9. The van der Waals surface area contributed by atoms with Crippen LogP contribution in [0.25, 0.3) is 30.4 Å². The number of hydrogen-bond acceptors (Lipinski definition) is 0. The molecular weight excluding hydrogens is 252 g/mol. The van der Waals surface area contributed by atoms with Crippen molar-refractivity contribution in [3.05, 3.63) is 64.3 Å². The Balaban J connectivity index is 3.86. The lowest BCUT2D eigenvalue weighted by Gasteiger charge is -2.14. The molecule has 0 unspecified atom stereocenters. The summed E-state index contributed by atoms with van der Waals surface area (Å²) in [4.78, 5) is 0. The van der Waals surface area contributed by atoms with E-state index in [1.165, 1.54) is 27.8 Å². The molecule has 0 heteroatoms. The Morgan fingerprint density at radius 1 is 0.476 bits per heavy atom. The first-order valence-corrected chi connectivity index (χ1v) is 7.57. The van der Waals surface area contributed by atoms with E-state index in [2.05, 4.69) is 101 Å². The van der Waals surface area contributed by atoms with Crippen LogP contribution < -0.4 is 0 Å². The van der Waals surface area contributed by atoms with E-state index in [1.807, 2.05) is 0 Å². The van der Waals surface area contributed by atoms with Crippen LogP contribution in [-0.2, 0) is 0 Å². The van der Waals surface area contributed by atoms with Crippen LogP contribution in [0.3, 0.4) is 0 Å². The van der Waals surface area contributed by atoms with Gasteiger partial charge in [-0.3, -0.25) is 0 Å². The summed E-state index contributed by atoms with van der Waals surface area (Å²) in [6.07, 6.45) is 21.4. The molecule has 21 heavy (non-hydrogen) atoms. The molecule has 0 saturated carbocycles. The molecule has 0 nitrogen and oxygen atoms in total. The van der Waals surface area contributed by atoms with Crippen LogP contribution in [0, 0.1) is 0 Å². The van der Waals surface area contributed by atoms with Gasteiger partial charge in [-0.25, -0.2) is 0 Å². The Kier molecular flexibility index (Phi) is 7.25. The average Bonchev–Trinajstić information content (AvgIpc) is 2.47. The van der Waals surface area contributed by atoms with Crippen LogP contribution in [0.1, 0.15) is 62.4 Å². The summed E-state index contributed by atoms with van der Waals surface area (Å²) < 4.78 is 0. The van der Waals surface area contributed by atoms with Crippen LogP contribution in [0.15, 0.2) is 36.4 Å². The topological polar surface area (TPSA) is 0 Å². The molecule has 1 aromatic carbocycles. The lowest BCUT2D eigenvalue weighted by atomic mass is 9.90. The third-order valence-electron chi connectivity index (χ3n) is 3.21. The maximum atomic E-state index is 2.26. The van der Waals surface area contributed by atoms with E-state index in [0.29, 0.717) is 0 Å². The van der Waals surface area contributed by atoms with Gasteiger partial charge < -0.3 is 0 Å². The van der Waals surface area contributed by atoms with Crippen molar-refractivity contribution in [3.63, 3.8) is 0 Å². The summed E-state index contributed by atoms with van der Waals surface area (Å²) in [6, 6.07) is 2.26. The number of benzene rings is 1. The summed E-state index contributed by atoms with van der Waals surface area (Å²) in [5.41, 5.74) is 6.33. The van der Waals surface area contributed by atoms with Gasteiger partial charge in [-0.2, -0.15) is 0 Å². The third-order valence-corrected chi connectivity index (χ3v) is 3.21. The molecule has 0 heterocycles. The van der Waals surface area contributed by atoms with Gasteiger partial charge in [0.1, 0.15) is 0 Å². The van der Waals surface area contributed by atoms with Gasteiger partial charge in [0, 0.05) is 0 Å². The van der Waals surface area contributed by atoms with Crippen LogP contribution in [0.2, 0.25) is 0 Å². The molecule has 0 aromatic heterocycles. The standard InChI is InChI=1S/C21H26/c1-6-11-17-16-18(12-7-2)20(14-9-4)21(15-10-5)19(17)13-8-3/h6-16H,1-5H3/b11-6-,12-7-,13-8-,14-9-,15-10-. The smallest absolute Gasteiger partial charge is 0.0103 e. The molecule has 0 radical (unpaired) electrons. The van der Waals surface area contributed by atoms with Gasteiger partial charge in [-0.15, -0.1) is 0 Å². The molecule has 1 rings (SSSR count). The molecule has 0 saturated heterocycles. The van der Waals surface area contributed by atoms with Gasteiger partial charge in [0.25, 0.3) is 0 Å². The fourth-order valence-corrected chi connectivity index (χ4v) is 2.47. The number of allylic oxidation sites excluding steroid dienone is 5. The van der Waals surface area contributed by atoms with Crippen LogP contribution in [0.5, 0.6) is 0 Å². The fourth-order valence-electron chi connectivity index (χ4n) is 2.47. The van der Waals surface area contributed by atoms with Crippen molar-refractivity contribution >= 4 is 30.4 Å². The SMILES string of the molecule is C/C=C\c1cc(/C=C\C)c(/C=C\C)c(/C=C\C)c1/C=C\C. The molecular formula is C21H26. The lowest BCUT2D eigenvalue weighted by molar-refractivity contribution is 1.49. The van der Waals surface area contributed by atoms with Gasteiger partial charge in [0.2, 0.25) is 0 Å². The summed E-state index contributed by atoms with van der Waals surface area (Å²) in [7, 11) is 0. The maximum absolute atomic E-state index is 2.26. The minimum atomic E-state index is 1.25. The highest BCUT2D eigenvalue weighted by Gasteiger charge is 2.10. The Bertz CT molecular complexity index is 559. The second-order valence-corrected chi connectivity index (χ2v) is 4.80. The summed E-state index contributed by atoms with van der Waals surface area (Å²) >= 11 is 0. The predicted molar refractivity (Wildman–Crippen MR) is 100.0 cm³/mol. The van der Waals surface area contributed by atoms with E-state index in [0.717, 1.165) is 0 Å². The highest BCUT2D eigenvalue weighted by atomic mass is 14.1. The van der Waals surface area contributed by atoms with Crippen LogP contribution in [0.4, 0.5) is 0 Å². The molecule has 0 spiro atoms.